The van der Waals surface area contributed by atoms with Crippen molar-refractivity contribution >= 4 is 28.6 Å². The van der Waals surface area contributed by atoms with Crippen molar-refractivity contribution in [1.82, 2.24) is 4.57 Å². The molecule has 2 aliphatic carbocycles. The first kappa shape index (κ1) is 32.5. The molecule has 51 heavy (non-hydrogen) atoms. The van der Waals surface area contributed by atoms with Crippen molar-refractivity contribution in [2.75, 3.05) is 0 Å². The zero-order valence-electron chi connectivity index (χ0n) is 29.7. The van der Waals surface area contributed by atoms with Gasteiger partial charge in [-0.1, -0.05) is 127 Å². The van der Waals surface area contributed by atoms with Gasteiger partial charge in [-0.3, -0.25) is 4.99 Å². The number of aromatic nitrogens is 1. The summed E-state index contributed by atoms with van der Waals surface area (Å²) in [5.74, 6) is 0. The Morgan fingerprint density at radius 1 is 0.627 bits per heavy atom. The fourth-order valence-electron chi connectivity index (χ4n) is 7.85. The van der Waals surface area contributed by atoms with E-state index in [0.29, 0.717) is 0 Å². The first-order chi connectivity index (χ1) is 25.0. The quantitative estimate of drug-likeness (QED) is 0.114. The Kier molecular flexibility index (Phi) is 9.07. The molecule has 0 aliphatic heterocycles. The van der Waals surface area contributed by atoms with Crippen LogP contribution >= 0.6 is 0 Å². The standard InChI is InChI=1S/C49H44N2/c1-34-14-12-20-41(30-34)43-26-29-46-45-22-10-11-23-48(45)51(49(46)33-43)44-27-24-38(25-28-44)42-21-13-19-40(32-42)36(3)50-47(39-17-8-5-9-18-39)31-35(2)37-15-6-4-7-16-37/h4-9,12-21,24-25,27-28,30-33H,2,10-11,22-23,26,29H2,1,3H3/b47-31-,50-36+. The molecule has 0 atom stereocenters. The van der Waals surface area contributed by atoms with Crippen molar-refractivity contribution in [3.63, 3.8) is 0 Å². The van der Waals surface area contributed by atoms with Crippen LogP contribution in [0.15, 0.2) is 151 Å². The zero-order valence-corrected chi connectivity index (χ0v) is 29.7. The maximum absolute atomic E-state index is 5.19. The lowest BCUT2D eigenvalue weighted by Gasteiger charge is -2.18. The SMILES string of the molecule is C=C(/C=C(\N=C(/C)c1cccc(-c2ccc(-n3c4c(c5c3CCCC5)CCC(c3cccc(C)c3)=C4)cc2)c1)c1ccccc1)c1ccccc1. The lowest BCUT2D eigenvalue weighted by Crippen LogP contribution is -2.07. The van der Waals surface area contributed by atoms with E-state index in [4.69, 9.17) is 4.99 Å². The Bertz CT molecular complexity index is 2310. The van der Waals surface area contributed by atoms with Crippen molar-refractivity contribution in [2.45, 2.75) is 52.4 Å². The van der Waals surface area contributed by atoms with Gasteiger partial charge in [0.25, 0.3) is 0 Å². The largest absolute Gasteiger partial charge is 0.314 e. The van der Waals surface area contributed by atoms with E-state index in [1.807, 2.05) is 24.3 Å². The summed E-state index contributed by atoms with van der Waals surface area (Å²) in [5.41, 5.74) is 19.9. The summed E-state index contributed by atoms with van der Waals surface area (Å²) in [6, 6.07) is 47.6. The predicted molar refractivity (Wildman–Crippen MR) is 217 cm³/mol. The number of hydrogen-bond acceptors (Lipinski definition) is 1. The number of fused-ring (bicyclic) bond motifs is 3. The lowest BCUT2D eigenvalue weighted by molar-refractivity contribution is 0.660. The summed E-state index contributed by atoms with van der Waals surface area (Å²) in [6.07, 6.45) is 11.7. The van der Waals surface area contributed by atoms with Crippen molar-refractivity contribution < 1.29 is 0 Å². The van der Waals surface area contributed by atoms with Gasteiger partial charge in [-0.25, -0.2) is 0 Å². The highest BCUT2D eigenvalue weighted by Gasteiger charge is 2.27. The van der Waals surface area contributed by atoms with Gasteiger partial charge >= 0.3 is 0 Å². The second-order valence-corrected chi connectivity index (χ2v) is 14.0. The molecule has 0 saturated carbocycles. The minimum atomic E-state index is 0.898. The van der Waals surface area contributed by atoms with E-state index in [0.717, 1.165) is 52.9 Å². The number of hydrogen-bond donors (Lipinski definition) is 0. The van der Waals surface area contributed by atoms with Gasteiger partial charge in [0.1, 0.15) is 0 Å². The maximum Gasteiger partial charge on any atom is 0.0711 e. The van der Waals surface area contributed by atoms with Gasteiger partial charge in [-0.2, -0.15) is 0 Å². The minimum absolute atomic E-state index is 0.898. The Hall–Kier alpha value is -5.73. The smallest absolute Gasteiger partial charge is 0.0711 e. The number of nitrogens with zero attached hydrogens (tertiary/aromatic N) is 2. The van der Waals surface area contributed by atoms with Gasteiger partial charge in [0.2, 0.25) is 0 Å². The highest BCUT2D eigenvalue weighted by Crippen LogP contribution is 2.40. The van der Waals surface area contributed by atoms with Gasteiger partial charge < -0.3 is 4.57 Å². The second-order valence-electron chi connectivity index (χ2n) is 14.0. The van der Waals surface area contributed by atoms with Crippen LogP contribution in [0.25, 0.3) is 39.7 Å². The molecule has 1 aromatic heterocycles. The van der Waals surface area contributed by atoms with Crippen LogP contribution in [-0.2, 0) is 19.3 Å². The second kappa shape index (κ2) is 14.2. The average molecular weight is 661 g/mol. The molecule has 0 bridgehead atoms. The van der Waals surface area contributed by atoms with Crippen LogP contribution < -0.4 is 0 Å². The first-order valence-electron chi connectivity index (χ1n) is 18.3. The number of aliphatic imine (C=N–C) groups is 1. The molecule has 0 saturated heterocycles. The number of allylic oxidation sites excluding steroid dienone is 3. The molecule has 5 aromatic carbocycles. The summed E-state index contributed by atoms with van der Waals surface area (Å²) < 4.78 is 2.58. The average Bonchev–Trinajstić information content (AvgIpc) is 3.52. The summed E-state index contributed by atoms with van der Waals surface area (Å²) in [7, 11) is 0. The lowest BCUT2D eigenvalue weighted by atomic mass is 9.87. The Labute approximate surface area is 302 Å². The van der Waals surface area contributed by atoms with Crippen LogP contribution in [0.3, 0.4) is 0 Å². The number of aryl methyl sites for hydroxylation is 1. The van der Waals surface area contributed by atoms with Crippen LogP contribution in [0.4, 0.5) is 0 Å². The molecular weight excluding hydrogens is 617 g/mol. The van der Waals surface area contributed by atoms with Crippen LogP contribution in [0.1, 0.15) is 76.5 Å². The van der Waals surface area contributed by atoms with E-state index >= 15 is 0 Å². The van der Waals surface area contributed by atoms with Crippen LogP contribution in [0.5, 0.6) is 0 Å². The third kappa shape index (κ3) is 6.75. The molecule has 1 heterocycles. The van der Waals surface area contributed by atoms with Crippen LogP contribution in [0.2, 0.25) is 0 Å². The fraction of sp³-hybridized carbons (Fsp3) is 0.163. The van der Waals surface area contributed by atoms with Crippen LogP contribution in [0, 0.1) is 6.92 Å². The molecule has 0 N–H and O–H groups in total. The highest BCUT2D eigenvalue weighted by atomic mass is 15.0. The predicted octanol–water partition coefficient (Wildman–Crippen LogP) is 12.4. The summed E-state index contributed by atoms with van der Waals surface area (Å²) >= 11 is 0. The normalized spacial score (nSPS) is 14.4. The maximum atomic E-state index is 5.19. The van der Waals surface area contributed by atoms with Gasteiger partial charge in [0, 0.05) is 28.4 Å². The summed E-state index contributed by atoms with van der Waals surface area (Å²) in [5, 5.41) is 0. The molecule has 0 spiro atoms. The van der Waals surface area contributed by atoms with Gasteiger partial charge in [-0.05, 0) is 133 Å². The van der Waals surface area contributed by atoms with Crippen molar-refractivity contribution in [3.8, 4) is 16.8 Å². The Morgan fingerprint density at radius 3 is 2.08 bits per heavy atom. The molecular formula is C49H44N2. The first-order valence-corrected chi connectivity index (χ1v) is 18.3. The van der Waals surface area contributed by atoms with Crippen molar-refractivity contribution in [3.05, 3.63) is 196 Å². The fourth-order valence-corrected chi connectivity index (χ4v) is 7.85. The Balaban J connectivity index is 1.12. The van der Waals surface area contributed by atoms with E-state index in [2.05, 4.69) is 146 Å². The molecule has 2 aliphatic rings. The third-order valence-corrected chi connectivity index (χ3v) is 10.5. The zero-order chi connectivity index (χ0) is 34.7. The Morgan fingerprint density at radius 2 is 1.31 bits per heavy atom. The molecule has 0 unspecified atom stereocenters. The van der Waals surface area contributed by atoms with E-state index in [1.165, 1.54) is 64.2 Å². The molecule has 250 valence electrons. The molecule has 0 radical (unpaired) electrons. The molecule has 8 rings (SSSR count). The molecule has 0 amide bonds. The topological polar surface area (TPSA) is 17.3 Å². The van der Waals surface area contributed by atoms with Gasteiger partial charge in [-0.15, -0.1) is 0 Å². The van der Waals surface area contributed by atoms with Crippen molar-refractivity contribution in [1.29, 1.82) is 0 Å². The molecule has 2 nitrogen and oxygen atoms in total. The third-order valence-electron chi connectivity index (χ3n) is 10.5. The van der Waals surface area contributed by atoms with E-state index < -0.39 is 0 Å². The monoisotopic (exact) mass is 660 g/mol. The van der Waals surface area contributed by atoms with E-state index in [9.17, 15) is 0 Å². The molecule has 0 fully saturated rings. The van der Waals surface area contributed by atoms with Crippen molar-refractivity contribution in [2.24, 2.45) is 4.99 Å². The number of rotatable bonds is 8. The highest BCUT2D eigenvalue weighted by molar-refractivity contribution is 6.03. The van der Waals surface area contributed by atoms with E-state index in [-0.39, 0.29) is 0 Å². The van der Waals surface area contributed by atoms with Gasteiger partial charge in [0.05, 0.1) is 5.70 Å². The molecule has 2 heteroatoms. The van der Waals surface area contributed by atoms with Gasteiger partial charge in [0.15, 0.2) is 0 Å². The summed E-state index contributed by atoms with van der Waals surface area (Å²) in [6.45, 7) is 8.65. The van der Waals surface area contributed by atoms with Crippen LogP contribution in [-0.4, -0.2) is 10.3 Å². The summed E-state index contributed by atoms with van der Waals surface area (Å²) in [4.78, 5) is 5.19. The number of benzene rings is 5. The molecule has 6 aromatic rings. The minimum Gasteiger partial charge on any atom is -0.314 e. The van der Waals surface area contributed by atoms with E-state index in [1.54, 1.807) is 11.1 Å².